The van der Waals surface area contributed by atoms with E-state index in [0.29, 0.717) is 17.7 Å². The summed E-state index contributed by atoms with van der Waals surface area (Å²) in [5, 5.41) is 12.3. The van der Waals surface area contributed by atoms with Gasteiger partial charge in [-0.2, -0.15) is 11.8 Å². The van der Waals surface area contributed by atoms with Gasteiger partial charge in [0.25, 0.3) is 5.91 Å². The number of thioether (sulfide) groups is 1. The second-order valence-electron chi connectivity index (χ2n) is 9.05. The van der Waals surface area contributed by atoms with Crippen LogP contribution in [0.3, 0.4) is 0 Å². The summed E-state index contributed by atoms with van der Waals surface area (Å²) in [7, 11) is 0. The third-order valence-corrected chi connectivity index (χ3v) is 6.93. The van der Waals surface area contributed by atoms with Crippen molar-refractivity contribution in [1.82, 2.24) is 5.32 Å². The molecule has 200 valence electrons. The molecule has 4 aromatic rings. The third-order valence-electron chi connectivity index (χ3n) is 6.28. The first-order chi connectivity index (χ1) is 19.0. The van der Waals surface area contributed by atoms with Crippen LogP contribution in [0.25, 0.3) is 23.3 Å². The van der Waals surface area contributed by atoms with Crippen LogP contribution in [0.4, 0.5) is 0 Å². The van der Waals surface area contributed by atoms with Gasteiger partial charge < -0.3 is 16.6 Å². The molecule has 1 atom stereocenters. The summed E-state index contributed by atoms with van der Waals surface area (Å²) in [6, 6.07) is 29.9. The molecule has 0 spiro atoms. The molecule has 0 aliphatic heterocycles. The molecule has 0 saturated heterocycles. The molecule has 4 rings (SSSR count). The van der Waals surface area contributed by atoms with E-state index in [4.69, 9.17) is 4.74 Å². The van der Waals surface area contributed by atoms with E-state index in [-0.39, 0.29) is 20.3 Å². The van der Waals surface area contributed by atoms with Gasteiger partial charge in [-0.15, -0.1) is 0 Å². The van der Waals surface area contributed by atoms with Crippen LogP contribution in [0.5, 0.6) is 11.5 Å². The first-order valence-corrected chi connectivity index (χ1v) is 14.1. The van der Waals surface area contributed by atoms with Crippen molar-refractivity contribution in [2.75, 3.05) is 12.0 Å². The summed E-state index contributed by atoms with van der Waals surface area (Å²) in [6.45, 7) is 2.00. The van der Waals surface area contributed by atoms with Gasteiger partial charge >= 0.3 is 24.8 Å². The fourth-order valence-corrected chi connectivity index (χ4v) is 4.67. The quantitative estimate of drug-likeness (QED) is 0.212. The molecule has 2 N–H and O–H groups in total. The van der Waals surface area contributed by atoms with E-state index < -0.39 is 17.9 Å². The molecule has 0 radical (unpaired) electrons. The molecule has 0 aliphatic carbocycles. The minimum absolute atomic E-state index is 0. The Morgan fingerprint density at radius 2 is 1.62 bits per heavy atom. The van der Waals surface area contributed by atoms with Crippen LogP contribution in [0.1, 0.15) is 34.9 Å². The van der Waals surface area contributed by atoms with Gasteiger partial charge in [0.15, 0.2) is 0 Å². The minimum atomic E-state index is -1.04. The molecule has 1 amide bonds. The third kappa shape index (κ3) is 8.16. The molecule has 1 unspecified atom stereocenters. The first kappa shape index (κ1) is 30.8. The summed E-state index contributed by atoms with van der Waals surface area (Å²) >= 11 is 1.55. The number of carboxylic acids is 1. The number of hydrogen-bond acceptors (Lipinski definition) is 4. The van der Waals surface area contributed by atoms with Crippen molar-refractivity contribution in [3.8, 4) is 22.6 Å². The normalized spacial score (nSPS) is 11.4. The van der Waals surface area contributed by atoms with Gasteiger partial charge in [0, 0.05) is 11.1 Å². The predicted octanol–water partition coefficient (Wildman–Crippen LogP) is 4.68. The summed E-state index contributed by atoms with van der Waals surface area (Å²) in [5.41, 5.74) is 4.93. The molecule has 0 fully saturated rings. The van der Waals surface area contributed by atoms with Crippen LogP contribution in [-0.4, -0.2) is 35.0 Å². The van der Waals surface area contributed by atoms with Crippen molar-refractivity contribution < 1.29 is 39.7 Å². The van der Waals surface area contributed by atoms with Gasteiger partial charge in [0.05, 0.1) is 0 Å². The van der Waals surface area contributed by atoms with Gasteiger partial charge in [-0.25, -0.2) is 4.79 Å². The maximum absolute atomic E-state index is 13.3. The van der Waals surface area contributed by atoms with E-state index in [1.807, 2.05) is 116 Å². The van der Waals surface area contributed by atoms with Crippen molar-refractivity contribution in [2.24, 2.45) is 0 Å². The average molecular weight is 546 g/mol. The van der Waals surface area contributed by atoms with E-state index in [9.17, 15) is 14.7 Å². The number of aryl methyl sites for hydroxylation is 1. The number of amides is 1. The smallest absolute Gasteiger partial charge is 1.00 e. The fraction of sp³-hybridized carbons (Fsp3) is 0.152. The van der Waals surface area contributed by atoms with Crippen LogP contribution < -0.4 is 28.9 Å². The minimum Gasteiger partial charge on any atom is -1.00 e. The number of carbonyl (C=O) groups excluding carboxylic acids is 1. The maximum atomic E-state index is 13.3. The number of nitrogens with one attached hydrogen (secondary N) is 1. The molecule has 40 heavy (non-hydrogen) atoms. The Labute approximate surface area is 253 Å². The molecular weight excluding hydrogens is 513 g/mol. The zero-order chi connectivity index (χ0) is 27.6. The summed E-state index contributed by atoms with van der Waals surface area (Å²) in [5.74, 6) is 0.693. The van der Waals surface area contributed by atoms with Gasteiger partial charge in [0.2, 0.25) is 0 Å². The largest absolute Gasteiger partial charge is 1.00 e. The summed E-state index contributed by atoms with van der Waals surface area (Å²) in [4.78, 5) is 25.1. The van der Waals surface area contributed by atoms with Crippen molar-refractivity contribution in [3.63, 3.8) is 0 Å². The number of ether oxygens (including phenoxy) is 1. The van der Waals surface area contributed by atoms with Crippen LogP contribution >= 0.6 is 11.8 Å². The number of carboxylic acid groups (broad SMARTS) is 1. The number of carbonyl (C=O) groups is 2. The zero-order valence-corrected chi connectivity index (χ0v) is 23.8. The van der Waals surface area contributed by atoms with E-state index >= 15 is 0 Å². The van der Waals surface area contributed by atoms with E-state index in [1.165, 1.54) is 0 Å². The SMILES string of the molecule is CSCCC(NC(=O)c1ccc(/C=C/c2ccccc2Oc2ccccc2)cc1-c1ccccc1C)C(=O)O.[H-].[Li+]. The van der Waals surface area contributed by atoms with Crippen molar-refractivity contribution >= 4 is 35.8 Å². The Balaban J connectivity index is 0.00000294. The molecule has 7 heteroatoms. The summed E-state index contributed by atoms with van der Waals surface area (Å²) in [6.07, 6.45) is 6.23. The Morgan fingerprint density at radius 1 is 0.925 bits per heavy atom. The van der Waals surface area contributed by atoms with Gasteiger partial charge in [-0.05, 0) is 77.9 Å². The van der Waals surface area contributed by atoms with Crippen molar-refractivity contribution in [1.29, 1.82) is 0 Å². The molecule has 0 bridgehead atoms. The molecule has 5 nitrogen and oxygen atoms in total. The Morgan fingerprint density at radius 3 is 2.35 bits per heavy atom. The van der Waals surface area contributed by atoms with E-state index in [1.54, 1.807) is 17.8 Å². The van der Waals surface area contributed by atoms with E-state index in [0.717, 1.165) is 39.3 Å². The van der Waals surface area contributed by atoms with Crippen LogP contribution in [-0.2, 0) is 4.79 Å². The van der Waals surface area contributed by atoms with Gasteiger partial charge in [-0.1, -0.05) is 78.9 Å². The molecule has 0 saturated carbocycles. The van der Waals surface area contributed by atoms with Crippen molar-refractivity contribution in [2.45, 2.75) is 19.4 Å². The number of para-hydroxylation sites is 2. The topological polar surface area (TPSA) is 75.6 Å². The number of hydrogen-bond donors (Lipinski definition) is 2. The first-order valence-electron chi connectivity index (χ1n) is 12.7. The Bertz CT molecular complexity index is 1480. The van der Waals surface area contributed by atoms with Crippen LogP contribution in [0.2, 0.25) is 0 Å². The van der Waals surface area contributed by atoms with E-state index in [2.05, 4.69) is 5.32 Å². The number of aliphatic carboxylic acids is 1. The predicted molar refractivity (Wildman–Crippen MR) is 162 cm³/mol. The zero-order valence-electron chi connectivity index (χ0n) is 24.0. The Kier molecular flexibility index (Phi) is 11.7. The molecule has 0 aliphatic rings. The summed E-state index contributed by atoms with van der Waals surface area (Å²) < 4.78 is 6.09. The van der Waals surface area contributed by atoms with Crippen LogP contribution in [0, 0.1) is 6.92 Å². The molecule has 4 aromatic carbocycles. The maximum Gasteiger partial charge on any atom is 1.00 e. The van der Waals surface area contributed by atoms with Crippen LogP contribution in [0.15, 0.2) is 97.1 Å². The van der Waals surface area contributed by atoms with Crippen molar-refractivity contribution in [3.05, 3.63) is 119 Å². The monoisotopic (exact) mass is 545 g/mol. The average Bonchev–Trinajstić information content (AvgIpc) is 2.95. The molecule has 0 aromatic heterocycles. The van der Waals surface area contributed by atoms with Gasteiger partial charge in [0.1, 0.15) is 17.5 Å². The molecular formula is C33H32LiNO4S. The van der Waals surface area contributed by atoms with Gasteiger partial charge in [-0.3, -0.25) is 4.79 Å². The number of benzene rings is 4. The standard InChI is InChI=1S/C33H31NO4S.Li.H/c1-23-10-6-8-14-27(23)29-22-24(17-19-28(29)32(35)34-30(33(36)37)20-21-39-2)16-18-25-11-7-9-15-31(25)38-26-12-4-3-5-13-26;;/h3-19,22,30H,20-21H2,1-2H3,(H,34,35)(H,36,37);;/q;+1;-1/b18-16+;;. The number of rotatable bonds is 11. The Hall–Kier alpha value is -3.69. The fourth-order valence-electron chi connectivity index (χ4n) is 4.20. The second kappa shape index (κ2) is 15.2. The second-order valence-corrected chi connectivity index (χ2v) is 10.0. The molecule has 0 heterocycles.